The van der Waals surface area contributed by atoms with Gasteiger partial charge in [0.1, 0.15) is 22.8 Å². The van der Waals surface area contributed by atoms with Gasteiger partial charge in [-0.05, 0) is 24.3 Å². The van der Waals surface area contributed by atoms with E-state index in [9.17, 15) is 0 Å². The molecule has 2 aliphatic heterocycles. The van der Waals surface area contributed by atoms with Crippen LogP contribution >= 0.6 is 0 Å². The average Bonchev–Trinajstić information content (AvgIpc) is 3.32. The molecule has 0 aliphatic carbocycles. The summed E-state index contributed by atoms with van der Waals surface area (Å²) in [6, 6.07) is 12.6. The first-order valence-corrected chi connectivity index (χ1v) is 7.92. The highest BCUT2D eigenvalue weighted by Crippen LogP contribution is 2.30. The summed E-state index contributed by atoms with van der Waals surface area (Å²) in [5.74, 6) is 1.91. The molecule has 0 saturated heterocycles. The Morgan fingerprint density at radius 2 is 1.26 bits per heavy atom. The fourth-order valence-electron chi connectivity index (χ4n) is 3.25. The number of nitrogens with zero attached hydrogens (tertiary/aromatic N) is 2. The first-order valence-electron chi connectivity index (χ1n) is 7.92. The minimum absolute atomic E-state index is 0.839. The topological polar surface area (TPSA) is 61.9 Å². The summed E-state index contributed by atoms with van der Waals surface area (Å²) in [6.07, 6.45) is 0. The highest BCUT2D eigenvalue weighted by molar-refractivity contribution is 6.10. The van der Waals surface area contributed by atoms with Gasteiger partial charge in [-0.2, -0.15) is 0 Å². The van der Waals surface area contributed by atoms with Gasteiger partial charge < -0.3 is 15.1 Å². The van der Waals surface area contributed by atoms with Crippen LogP contribution in [0.15, 0.2) is 50.8 Å². The third-order valence-electron chi connectivity index (χ3n) is 4.37. The number of hydrogen-bond acceptors (Lipinski definition) is 5. The summed E-state index contributed by atoms with van der Waals surface area (Å²) in [4.78, 5) is 8.95. The van der Waals surface area contributed by atoms with Crippen molar-refractivity contribution in [2.75, 3.05) is 26.2 Å². The van der Waals surface area contributed by atoms with Crippen molar-refractivity contribution in [3.63, 3.8) is 0 Å². The van der Waals surface area contributed by atoms with Gasteiger partial charge in [0.05, 0.1) is 13.1 Å². The lowest BCUT2D eigenvalue weighted by Crippen LogP contribution is -2.19. The Balaban J connectivity index is 1.65. The van der Waals surface area contributed by atoms with Crippen LogP contribution in [-0.2, 0) is 0 Å². The summed E-state index contributed by atoms with van der Waals surface area (Å²) in [5, 5.41) is 8.87. The molecule has 2 aromatic carbocycles. The van der Waals surface area contributed by atoms with Gasteiger partial charge in [0.15, 0.2) is 0 Å². The number of aliphatic imine (C=N–C) groups is 2. The average molecular weight is 304 g/mol. The summed E-state index contributed by atoms with van der Waals surface area (Å²) < 4.78 is 6.09. The maximum absolute atomic E-state index is 6.09. The smallest absolute Gasteiger partial charge is 0.136 e. The van der Waals surface area contributed by atoms with Crippen molar-refractivity contribution < 1.29 is 4.42 Å². The summed E-state index contributed by atoms with van der Waals surface area (Å²) in [6.45, 7) is 3.50. The number of amidine groups is 2. The van der Waals surface area contributed by atoms with E-state index in [1.165, 1.54) is 0 Å². The molecule has 0 bridgehead atoms. The minimum Gasteiger partial charge on any atom is -0.456 e. The molecule has 2 aliphatic rings. The van der Waals surface area contributed by atoms with E-state index in [1.54, 1.807) is 0 Å². The SMILES string of the molecule is c1cc2c(cc1C1=NCCN1)oc1cc(C3=NCCN3)ccc12. The first-order chi connectivity index (χ1) is 11.4. The highest BCUT2D eigenvalue weighted by atomic mass is 16.3. The van der Waals surface area contributed by atoms with Crippen molar-refractivity contribution in [2.45, 2.75) is 0 Å². The minimum atomic E-state index is 0.839. The van der Waals surface area contributed by atoms with E-state index < -0.39 is 0 Å². The van der Waals surface area contributed by atoms with Gasteiger partial charge in [0.25, 0.3) is 0 Å². The van der Waals surface area contributed by atoms with Gasteiger partial charge in [-0.15, -0.1) is 0 Å². The Labute approximate surface area is 133 Å². The lowest BCUT2D eigenvalue weighted by Gasteiger charge is -2.01. The number of fused-ring (bicyclic) bond motifs is 3. The van der Waals surface area contributed by atoms with E-state index in [0.717, 1.165) is 70.9 Å². The standard InChI is InChI=1S/C18H16N4O/c1-3-13-14-4-2-12(18-21-7-8-22-18)10-16(14)23-15(13)9-11(1)17-19-5-6-20-17/h1-4,9-10H,5-8H2,(H,19,20)(H,21,22). The van der Waals surface area contributed by atoms with Crippen LogP contribution in [0.2, 0.25) is 0 Å². The molecule has 0 radical (unpaired) electrons. The second kappa shape index (κ2) is 4.84. The van der Waals surface area contributed by atoms with E-state index >= 15 is 0 Å². The zero-order valence-electron chi connectivity index (χ0n) is 12.6. The predicted octanol–water partition coefficient (Wildman–Crippen LogP) is 2.29. The molecule has 0 saturated carbocycles. The number of nitrogens with one attached hydrogen (secondary N) is 2. The van der Waals surface area contributed by atoms with Crippen molar-refractivity contribution in [1.29, 1.82) is 0 Å². The van der Waals surface area contributed by atoms with E-state index in [2.05, 4.69) is 57.0 Å². The first kappa shape index (κ1) is 12.7. The Bertz CT molecular complexity index is 905. The van der Waals surface area contributed by atoms with Crippen molar-refractivity contribution in [1.82, 2.24) is 10.6 Å². The number of benzene rings is 2. The highest BCUT2D eigenvalue weighted by Gasteiger charge is 2.14. The fraction of sp³-hybridized carbons (Fsp3) is 0.222. The maximum Gasteiger partial charge on any atom is 0.136 e. The molecule has 1 aromatic heterocycles. The van der Waals surface area contributed by atoms with Crippen LogP contribution in [0.3, 0.4) is 0 Å². The Kier molecular flexibility index (Phi) is 2.67. The molecule has 0 spiro atoms. The Hall–Kier alpha value is -2.82. The van der Waals surface area contributed by atoms with Crippen LogP contribution in [0.25, 0.3) is 21.9 Å². The quantitative estimate of drug-likeness (QED) is 0.763. The van der Waals surface area contributed by atoms with Crippen LogP contribution in [0.1, 0.15) is 11.1 Å². The normalized spacial score (nSPS) is 17.2. The van der Waals surface area contributed by atoms with Crippen molar-refractivity contribution in [3.05, 3.63) is 47.5 Å². The van der Waals surface area contributed by atoms with Gasteiger partial charge in [-0.25, -0.2) is 0 Å². The van der Waals surface area contributed by atoms with E-state index in [1.807, 2.05) is 0 Å². The zero-order valence-corrected chi connectivity index (χ0v) is 12.6. The van der Waals surface area contributed by atoms with Gasteiger partial charge in [-0.1, -0.05) is 12.1 Å². The third kappa shape index (κ3) is 2.00. The molecule has 5 nitrogen and oxygen atoms in total. The molecule has 114 valence electrons. The second-order valence-electron chi connectivity index (χ2n) is 5.84. The van der Waals surface area contributed by atoms with Gasteiger partial charge in [0, 0.05) is 35.0 Å². The molecule has 0 unspecified atom stereocenters. The van der Waals surface area contributed by atoms with Crippen molar-refractivity contribution >= 4 is 33.6 Å². The van der Waals surface area contributed by atoms with Gasteiger partial charge in [-0.3, -0.25) is 9.98 Å². The fourth-order valence-corrected chi connectivity index (χ4v) is 3.25. The Morgan fingerprint density at radius 1 is 0.739 bits per heavy atom. The number of furan rings is 1. The summed E-state index contributed by atoms with van der Waals surface area (Å²) >= 11 is 0. The molecule has 3 aromatic rings. The predicted molar refractivity (Wildman–Crippen MR) is 92.5 cm³/mol. The largest absolute Gasteiger partial charge is 0.456 e. The van der Waals surface area contributed by atoms with Crippen LogP contribution < -0.4 is 10.6 Å². The lowest BCUT2D eigenvalue weighted by molar-refractivity contribution is 0.668. The summed E-state index contributed by atoms with van der Waals surface area (Å²) in [5.41, 5.74) is 3.95. The molecule has 0 fully saturated rings. The lowest BCUT2D eigenvalue weighted by atomic mass is 10.1. The van der Waals surface area contributed by atoms with Crippen molar-refractivity contribution in [2.24, 2.45) is 9.98 Å². The van der Waals surface area contributed by atoms with Crippen LogP contribution in [0.4, 0.5) is 0 Å². The molecule has 2 N–H and O–H groups in total. The zero-order chi connectivity index (χ0) is 15.2. The second-order valence-corrected chi connectivity index (χ2v) is 5.84. The summed E-state index contributed by atoms with van der Waals surface area (Å²) in [7, 11) is 0. The molecule has 23 heavy (non-hydrogen) atoms. The molecule has 0 amide bonds. The number of hydrogen-bond donors (Lipinski definition) is 2. The van der Waals surface area contributed by atoms with Crippen LogP contribution in [0.5, 0.6) is 0 Å². The molecule has 3 heterocycles. The molecule has 5 heteroatoms. The van der Waals surface area contributed by atoms with Crippen LogP contribution in [-0.4, -0.2) is 37.9 Å². The van der Waals surface area contributed by atoms with Crippen molar-refractivity contribution in [3.8, 4) is 0 Å². The molecular weight excluding hydrogens is 288 g/mol. The maximum atomic E-state index is 6.09. The van der Waals surface area contributed by atoms with E-state index in [4.69, 9.17) is 4.42 Å². The van der Waals surface area contributed by atoms with E-state index in [0.29, 0.717) is 0 Å². The third-order valence-corrected chi connectivity index (χ3v) is 4.37. The monoisotopic (exact) mass is 304 g/mol. The van der Waals surface area contributed by atoms with Crippen LogP contribution in [0, 0.1) is 0 Å². The molecule has 0 atom stereocenters. The van der Waals surface area contributed by atoms with Gasteiger partial charge >= 0.3 is 0 Å². The molecular formula is C18H16N4O. The van der Waals surface area contributed by atoms with Gasteiger partial charge in [0.2, 0.25) is 0 Å². The van der Waals surface area contributed by atoms with E-state index in [-0.39, 0.29) is 0 Å². The molecule has 5 rings (SSSR count). The number of rotatable bonds is 2. The Morgan fingerprint density at radius 3 is 1.70 bits per heavy atom.